The van der Waals surface area contributed by atoms with Crippen LogP contribution >= 0.6 is 0 Å². The zero-order chi connectivity index (χ0) is 13.8. The van der Waals surface area contributed by atoms with Crippen LogP contribution in [0.1, 0.15) is 19.3 Å². The topological polar surface area (TPSA) is 63.4 Å². The second kappa shape index (κ2) is 4.14. The smallest absolute Gasteiger partial charge is 0.246 e. The largest absolute Gasteiger partial charge is 0.399 e. The van der Waals surface area contributed by atoms with Crippen molar-refractivity contribution in [3.05, 3.63) is 23.8 Å². The summed E-state index contributed by atoms with van der Waals surface area (Å²) < 4.78 is 53.2. The Bertz CT molecular complexity index is 633. The molecule has 4 nitrogen and oxygen atoms in total. The van der Waals surface area contributed by atoms with Gasteiger partial charge in [0.2, 0.25) is 10.0 Å². The third-order valence-electron chi connectivity index (χ3n) is 3.96. The first kappa shape index (κ1) is 12.8. The van der Waals surface area contributed by atoms with Gasteiger partial charge in [0.1, 0.15) is 4.90 Å². The van der Waals surface area contributed by atoms with Gasteiger partial charge in [-0.3, -0.25) is 0 Å². The first-order valence-corrected chi connectivity index (χ1v) is 7.60. The van der Waals surface area contributed by atoms with Gasteiger partial charge in [-0.25, -0.2) is 17.2 Å². The summed E-state index contributed by atoms with van der Waals surface area (Å²) in [6.45, 7) is 0.392. The van der Waals surface area contributed by atoms with Crippen LogP contribution in [0, 0.1) is 17.6 Å². The highest BCUT2D eigenvalue weighted by Gasteiger charge is 2.45. The van der Waals surface area contributed by atoms with Crippen molar-refractivity contribution in [1.82, 2.24) is 4.31 Å². The highest BCUT2D eigenvalue weighted by molar-refractivity contribution is 7.89. The molecule has 1 saturated carbocycles. The SMILES string of the molecule is Nc1cc(F)c(F)c(S(=O)(=O)N2CC3CCC2C3)c1. The van der Waals surface area contributed by atoms with Gasteiger partial charge >= 0.3 is 0 Å². The van der Waals surface area contributed by atoms with E-state index in [0.717, 1.165) is 31.4 Å². The van der Waals surface area contributed by atoms with Crippen LogP contribution in [0.4, 0.5) is 14.5 Å². The number of halogens is 2. The van der Waals surface area contributed by atoms with Crippen molar-refractivity contribution in [1.29, 1.82) is 0 Å². The van der Waals surface area contributed by atoms with Crippen molar-refractivity contribution in [2.75, 3.05) is 12.3 Å². The number of nitrogen functional groups attached to an aromatic ring is 1. The molecule has 1 aliphatic carbocycles. The molecule has 19 heavy (non-hydrogen) atoms. The van der Waals surface area contributed by atoms with E-state index in [1.54, 1.807) is 0 Å². The second-order valence-corrected chi connectivity index (χ2v) is 7.08. The molecule has 3 rings (SSSR count). The molecule has 2 bridgehead atoms. The van der Waals surface area contributed by atoms with E-state index in [1.807, 2.05) is 0 Å². The van der Waals surface area contributed by atoms with Crippen molar-refractivity contribution >= 4 is 15.7 Å². The lowest BCUT2D eigenvalue weighted by Crippen LogP contribution is -2.38. The maximum absolute atomic E-state index is 13.7. The highest BCUT2D eigenvalue weighted by atomic mass is 32.2. The van der Waals surface area contributed by atoms with E-state index in [9.17, 15) is 17.2 Å². The Morgan fingerprint density at radius 2 is 2.00 bits per heavy atom. The van der Waals surface area contributed by atoms with Crippen LogP contribution in [-0.4, -0.2) is 25.3 Å². The van der Waals surface area contributed by atoms with E-state index < -0.39 is 26.6 Å². The predicted molar refractivity (Wildman–Crippen MR) is 65.8 cm³/mol. The summed E-state index contributed by atoms with van der Waals surface area (Å²) >= 11 is 0. The molecule has 1 heterocycles. The maximum atomic E-state index is 13.7. The van der Waals surface area contributed by atoms with Crippen LogP contribution in [0.5, 0.6) is 0 Å². The van der Waals surface area contributed by atoms with Gasteiger partial charge in [0.15, 0.2) is 11.6 Å². The number of nitrogens with two attached hydrogens (primary N) is 1. The fourth-order valence-corrected chi connectivity index (χ4v) is 4.92. The van der Waals surface area contributed by atoms with Crippen molar-refractivity contribution in [2.24, 2.45) is 5.92 Å². The summed E-state index contributed by atoms with van der Waals surface area (Å²) in [6.07, 6.45) is 2.60. The van der Waals surface area contributed by atoms with Gasteiger partial charge < -0.3 is 5.73 Å². The molecule has 1 aromatic rings. The summed E-state index contributed by atoms with van der Waals surface area (Å²) in [6, 6.07) is 1.68. The summed E-state index contributed by atoms with van der Waals surface area (Å²) in [7, 11) is -4.01. The van der Waals surface area contributed by atoms with Crippen molar-refractivity contribution in [3.63, 3.8) is 0 Å². The molecule has 1 aliphatic heterocycles. The molecule has 0 radical (unpaired) electrons. The molecular formula is C12H14F2N2O2S. The Morgan fingerprint density at radius 1 is 1.26 bits per heavy atom. The van der Waals surface area contributed by atoms with Crippen molar-refractivity contribution in [2.45, 2.75) is 30.2 Å². The fourth-order valence-electron chi connectivity index (χ4n) is 3.07. The van der Waals surface area contributed by atoms with E-state index in [1.165, 1.54) is 4.31 Å². The van der Waals surface area contributed by atoms with Gasteiger partial charge in [0.25, 0.3) is 0 Å². The summed E-state index contributed by atoms with van der Waals surface area (Å²) in [5.41, 5.74) is 5.31. The number of rotatable bonds is 2. The van der Waals surface area contributed by atoms with Gasteiger partial charge in [-0.1, -0.05) is 0 Å². The normalized spacial score (nSPS) is 27.1. The number of nitrogens with zero attached hydrogens (tertiary/aromatic N) is 1. The Kier molecular flexibility index (Phi) is 2.79. The van der Waals surface area contributed by atoms with Crippen LogP contribution in [0.25, 0.3) is 0 Å². The Morgan fingerprint density at radius 3 is 2.58 bits per heavy atom. The highest BCUT2D eigenvalue weighted by Crippen LogP contribution is 2.41. The average Bonchev–Trinajstić information content (AvgIpc) is 2.95. The molecule has 0 aromatic heterocycles. The molecule has 2 unspecified atom stereocenters. The average molecular weight is 288 g/mol. The minimum absolute atomic E-state index is 0.0844. The minimum atomic E-state index is -4.01. The van der Waals surface area contributed by atoms with Gasteiger partial charge in [0.05, 0.1) is 0 Å². The molecule has 0 spiro atoms. The Balaban J connectivity index is 2.06. The fraction of sp³-hybridized carbons (Fsp3) is 0.500. The molecule has 2 N–H and O–H groups in total. The molecule has 1 aromatic carbocycles. The van der Waals surface area contributed by atoms with E-state index in [0.29, 0.717) is 12.5 Å². The Labute approximate surface area is 110 Å². The molecule has 7 heteroatoms. The quantitative estimate of drug-likeness (QED) is 0.843. The first-order valence-electron chi connectivity index (χ1n) is 6.16. The number of piperidine rings is 1. The van der Waals surface area contributed by atoms with Gasteiger partial charge in [-0.05, 0) is 37.3 Å². The van der Waals surface area contributed by atoms with E-state index in [-0.39, 0.29) is 11.7 Å². The monoisotopic (exact) mass is 288 g/mol. The van der Waals surface area contributed by atoms with Crippen LogP contribution in [0.3, 0.4) is 0 Å². The van der Waals surface area contributed by atoms with Crippen LogP contribution in [0.15, 0.2) is 17.0 Å². The zero-order valence-corrected chi connectivity index (χ0v) is 11.0. The van der Waals surface area contributed by atoms with Gasteiger partial charge in [-0.2, -0.15) is 4.31 Å². The number of hydrogen-bond acceptors (Lipinski definition) is 3. The lowest BCUT2D eigenvalue weighted by Gasteiger charge is -2.26. The van der Waals surface area contributed by atoms with E-state index >= 15 is 0 Å². The molecule has 104 valence electrons. The zero-order valence-electron chi connectivity index (χ0n) is 10.1. The third kappa shape index (κ3) is 1.92. The van der Waals surface area contributed by atoms with Crippen LogP contribution in [-0.2, 0) is 10.0 Å². The van der Waals surface area contributed by atoms with E-state index in [2.05, 4.69) is 0 Å². The second-order valence-electron chi connectivity index (χ2n) is 5.22. The van der Waals surface area contributed by atoms with Gasteiger partial charge in [0, 0.05) is 18.3 Å². The number of fused-ring (bicyclic) bond motifs is 2. The summed E-state index contributed by atoms with van der Waals surface area (Å²) in [4.78, 5) is -0.655. The summed E-state index contributed by atoms with van der Waals surface area (Å²) in [5, 5.41) is 0. The van der Waals surface area contributed by atoms with Crippen LogP contribution < -0.4 is 5.73 Å². The predicted octanol–water partition coefficient (Wildman–Crippen LogP) is 1.72. The van der Waals surface area contributed by atoms with Crippen LogP contribution in [0.2, 0.25) is 0 Å². The minimum Gasteiger partial charge on any atom is -0.399 e. The molecule has 1 saturated heterocycles. The lowest BCUT2D eigenvalue weighted by molar-refractivity contribution is 0.331. The van der Waals surface area contributed by atoms with Gasteiger partial charge in [-0.15, -0.1) is 0 Å². The maximum Gasteiger partial charge on any atom is 0.246 e. The number of sulfonamides is 1. The lowest BCUT2D eigenvalue weighted by atomic mass is 10.1. The third-order valence-corrected chi connectivity index (χ3v) is 5.88. The number of hydrogen-bond donors (Lipinski definition) is 1. The molecule has 2 aliphatic rings. The molecule has 2 atom stereocenters. The summed E-state index contributed by atoms with van der Waals surface area (Å²) in [5.74, 6) is -2.24. The van der Waals surface area contributed by atoms with Crippen molar-refractivity contribution in [3.8, 4) is 0 Å². The molecular weight excluding hydrogens is 274 g/mol. The van der Waals surface area contributed by atoms with E-state index in [4.69, 9.17) is 5.73 Å². The first-order chi connectivity index (χ1) is 8.89. The Hall–Kier alpha value is -1.21. The standard InChI is InChI=1S/C12H14F2N2O2S/c13-10-4-8(15)5-11(12(10)14)19(17,18)16-6-7-1-2-9(16)3-7/h4-5,7,9H,1-3,6,15H2. The van der Waals surface area contributed by atoms with Crippen molar-refractivity contribution < 1.29 is 17.2 Å². The molecule has 0 amide bonds. The number of benzene rings is 1. The number of anilines is 1. The molecule has 2 fully saturated rings.